The summed E-state index contributed by atoms with van der Waals surface area (Å²) in [4.78, 5) is 17.0. The van der Waals surface area contributed by atoms with Gasteiger partial charge < -0.3 is 9.64 Å². The number of sulfone groups is 2. The lowest BCUT2D eigenvalue weighted by atomic mass is 9.85. The van der Waals surface area contributed by atoms with Crippen LogP contribution in [0.5, 0.6) is 5.75 Å². The smallest absolute Gasteiger partial charge is 0.406 e. The van der Waals surface area contributed by atoms with E-state index in [2.05, 4.69) is 9.72 Å². The second kappa shape index (κ2) is 10.3. The summed E-state index contributed by atoms with van der Waals surface area (Å²) in [7, 11) is -8.51. The number of carbonyl (C=O) groups is 1. The number of hydrogen-bond acceptors (Lipinski definition) is 7. The molecule has 1 aliphatic heterocycles. The van der Waals surface area contributed by atoms with E-state index in [0.29, 0.717) is 12.1 Å². The molecule has 1 aromatic heterocycles. The molecule has 16 heteroatoms. The second-order valence-corrected chi connectivity index (χ2v) is 14.0. The largest absolute Gasteiger partial charge is 0.573 e. The highest BCUT2D eigenvalue weighted by atomic mass is 32.2. The number of carbonyl (C=O) groups excluding carboxylic acids is 1. The zero-order valence-corrected chi connectivity index (χ0v) is 22.4. The van der Waals surface area contributed by atoms with Crippen LogP contribution in [0.2, 0.25) is 0 Å². The van der Waals surface area contributed by atoms with E-state index >= 15 is 0 Å². The number of ether oxygens (including phenoxy) is 1. The molecule has 39 heavy (non-hydrogen) atoms. The molecular formula is C23H24F6N2O6S2. The summed E-state index contributed by atoms with van der Waals surface area (Å²) in [6, 6.07) is 4.89. The summed E-state index contributed by atoms with van der Waals surface area (Å²) in [6.45, 7) is 2.63. The van der Waals surface area contributed by atoms with Gasteiger partial charge in [-0.1, -0.05) is 6.07 Å². The molecule has 1 aromatic carbocycles. The van der Waals surface area contributed by atoms with Crippen LogP contribution in [0.15, 0.2) is 46.3 Å². The lowest BCUT2D eigenvalue weighted by molar-refractivity contribution is -0.274. The molecule has 0 radical (unpaired) electrons. The molecule has 8 nitrogen and oxygen atoms in total. The number of aromatic nitrogens is 1. The highest BCUT2D eigenvalue weighted by molar-refractivity contribution is 7.92. The third-order valence-corrected chi connectivity index (χ3v) is 10.2. The van der Waals surface area contributed by atoms with Crippen LogP contribution in [0.3, 0.4) is 0 Å². The van der Waals surface area contributed by atoms with Crippen molar-refractivity contribution in [2.75, 3.05) is 19.3 Å². The summed E-state index contributed by atoms with van der Waals surface area (Å²) in [5.74, 6) is -2.24. The number of likely N-dealkylation sites (tertiary alicyclic amines) is 1. The maximum Gasteiger partial charge on any atom is 0.573 e. The van der Waals surface area contributed by atoms with Gasteiger partial charge in [-0.25, -0.2) is 21.8 Å². The molecule has 2 aromatic rings. The Morgan fingerprint density at radius 1 is 0.974 bits per heavy atom. The van der Waals surface area contributed by atoms with Crippen LogP contribution in [0.4, 0.5) is 26.3 Å². The van der Waals surface area contributed by atoms with Crippen LogP contribution in [-0.4, -0.2) is 63.1 Å². The Morgan fingerprint density at radius 2 is 1.56 bits per heavy atom. The summed E-state index contributed by atoms with van der Waals surface area (Å²) < 4.78 is 130. The van der Waals surface area contributed by atoms with E-state index in [1.807, 2.05) is 0 Å². The molecule has 0 unspecified atom stereocenters. The van der Waals surface area contributed by atoms with Gasteiger partial charge in [0.15, 0.2) is 14.9 Å². The van der Waals surface area contributed by atoms with Gasteiger partial charge in [-0.2, -0.15) is 13.2 Å². The van der Waals surface area contributed by atoms with Crippen LogP contribution >= 0.6 is 0 Å². The molecule has 2 heterocycles. The van der Waals surface area contributed by atoms with Crippen molar-refractivity contribution in [3.05, 3.63) is 47.7 Å². The van der Waals surface area contributed by atoms with Crippen molar-refractivity contribution in [1.29, 1.82) is 0 Å². The molecule has 3 rings (SSSR count). The number of hydrogen-bond donors (Lipinski definition) is 0. The van der Waals surface area contributed by atoms with Gasteiger partial charge in [0.25, 0.3) is 5.91 Å². The number of alkyl halides is 6. The van der Waals surface area contributed by atoms with Crippen molar-refractivity contribution in [2.24, 2.45) is 5.92 Å². The first kappa shape index (κ1) is 30.7. The van der Waals surface area contributed by atoms with E-state index in [9.17, 15) is 48.0 Å². The third-order valence-electron chi connectivity index (χ3n) is 6.56. The summed E-state index contributed by atoms with van der Waals surface area (Å²) in [5.41, 5.74) is -1.74. The Morgan fingerprint density at radius 3 is 2.08 bits per heavy atom. The summed E-state index contributed by atoms with van der Waals surface area (Å²) >= 11 is 0. The van der Waals surface area contributed by atoms with Gasteiger partial charge in [0.1, 0.15) is 11.4 Å². The van der Waals surface area contributed by atoms with Gasteiger partial charge in [-0.15, -0.1) is 13.2 Å². The number of pyridine rings is 1. The van der Waals surface area contributed by atoms with E-state index in [4.69, 9.17) is 0 Å². The zero-order chi connectivity index (χ0) is 29.6. The Kier molecular flexibility index (Phi) is 8.07. The minimum absolute atomic E-state index is 0.0392. The Hall–Kier alpha value is -2.88. The van der Waals surface area contributed by atoms with Gasteiger partial charge in [-0.3, -0.25) is 4.79 Å². The standard InChI is InChI=1S/C23H24F6N2O6S2/c1-21(2,39(35,36)19-6-4-5-18(30-19)22(24,25)26)14-9-11-31(12-10-14)20(32)16-8-7-15(37-23(27,28)29)13-17(16)38(3,33)34/h4-8,13-14H,9-12H2,1-3H3. The van der Waals surface area contributed by atoms with E-state index < -0.39 is 70.2 Å². The van der Waals surface area contributed by atoms with Crippen LogP contribution < -0.4 is 4.74 Å². The van der Waals surface area contributed by atoms with Gasteiger partial charge in [0.2, 0.25) is 9.84 Å². The molecule has 0 spiro atoms. The molecule has 0 N–H and O–H groups in total. The molecule has 1 fully saturated rings. The molecule has 0 saturated carbocycles. The molecule has 0 atom stereocenters. The number of amides is 1. The third kappa shape index (κ3) is 6.65. The summed E-state index contributed by atoms with van der Waals surface area (Å²) in [6.07, 6.45) is -9.01. The number of nitrogens with zero attached hydrogens (tertiary/aromatic N) is 2. The molecule has 1 aliphatic rings. The maximum atomic E-state index is 13.3. The predicted molar refractivity (Wildman–Crippen MR) is 125 cm³/mol. The van der Waals surface area contributed by atoms with Crippen LogP contribution in [0.25, 0.3) is 0 Å². The number of rotatable bonds is 6. The van der Waals surface area contributed by atoms with Crippen LogP contribution in [0, 0.1) is 5.92 Å². The SMILES string of the molecule is CC(C)(C1CCN(C(=O)c2ccc(OC(F)(F)F)cc2S(C)(=O)=O)CC1)S(=O)(=O)c1cccc(C(F)(F)F)n1. The predicted octanol–water partition coefficient (Wildman–Crippen LogP) is 4.51. The average Bonchev–Trinajstić information content (AvgIpc) is 2.81. The van der Waals surface area contributed by atoms with E-state index in [1.54, 1.807) is 0 Å². The van der Waals surface area contributed by atoms with Crippen molar-refractivity contribution in [2.45, 2.75) is 53.9 Å². The zero-order valence-electron chi connectivity index (χ0n) is 20.8. The van der Waals surface area contributed by atoms with Crippen molar-refractivity contribution in [1.82, 2.24) is 9.88 Å². The maximum absolute atomic E-state index is 13.3. The van der Waals surface area contributed by atoms with Crippen molar-refractivity contribution < 1.29 is 52.7 Å². The van der Waals surface area contributed by atoms with E-state index in [1.165, 1.54) is 18.7 Å². The molecule has 216 valence electrons. The lowest BCUT2D eigenvalue weighted by Crippen LogP contribution is -2.48. The first-order valence-electron chi connectivity index (χ1n) is 11.3. The fourth-order valence-corrected chi connectivity index (χ4v) is 6.92. The highest BCUT2D eigenvalue weighted by Gasteiger charge is 2.46. The Labute approximate surface area is 220 Å². The molecule has 0 bridgehead atoms. The fourth-order valence-electron chi connectivity index (χ4n) is 4.34. The average molecular weight is 603 g/mol. The molecule has 0 aliphatic carbocycles. The lowest BCUT2D eigenvalue weighted by Gasteiger charge is -2.40. The van der Waals surface area contributed by atoms with Crippen LogP contribution in [0.1, 0.15) is 42.7 Å². The second-order valence-electron chi connectivity index (χ2n) is 9.51. The fraction of sp³-hybridized carbons (Fsp3) is 0.478. The Balaban J connectivity index is 1.82. The van der Waals surface area contributed by atoms with Gasteiger partial charge >= 0.3 is 12.5 Å². The first-order valence-corrected chi connectivity index (χ1v) is 14.7. The molecule has 1 amide bonds. The molecular weight excluding hydrogens is 578 g/mol. The Bertz CT molecular complexity index is 1460. The van der Waals surface area contributed by atoms with Gasteiger partial charge in [0, 0.05) is 19.3 Å². The minimum Gasteiger partial charge on any atom is -0.406 e. The first-order chi connectivity index (χ1) is 17.6. The van der Waals surface area contributed by atoms with Crippen molar-refractivity contribution in [3.63, 3.8) is 0 Å². The number of benzene rings is 1. The highest BCUT2D eigenvalue weighted by Crippen LogP contribution is 2.39. The summed E-state index contributed by atoms with van der Waals surface area (Å²) in [5, 5.41) is -0.736. The van der Waals surface area contributed by atoms with Crippen LogP contribution in [-0.2, 0) is 25.9 Å². The van der Waals surface area contributed by atoms with E-state index in [-0.39, 0.29) is 31.5 Å². The van der Waals surface area contributed by atoms with Crippen molar-refractivity contribution in [3.8, 4) is 5.75 Å². The number of piperidine rings is 1. The van der Waals surface area contributed by atoms with Crippen molar-refractivity contribution >= 4 is 25.6 Å². The normalized spacial score (nSPS) is 16.3. The monoisotopic (exact) mass is 602 g/mol. The minimum atomic E-state index is -5.08. The van der Waals surface area contributed by atoms with Gasteiger partial charge in [-0.05, 0) is 62.9 Å². The topological polar surface area (TPSA) is 111 Å². The number of halogens is 6. The quantitative estimate of drug-likeness (QED) is 0.448. The molecule has 1 saturated heterocycles. The van der Waals surface area contributed by atoms with E-state index in [0.717, 1.165) is 30.5 Å². The van der Waals surface area contributed by atoms with Gasteiger partial charge in [0.05, 0.1) is 15.2 Å².